The van der Waals surface area contributed by atoms with E-state index in [2.05, 4.69) is 11.8 Å². The van der Waals surface area contributed by atoms with Gasteiger partial charge in [0.2, 0.25) is 10.0 Å². The van der Waals surface area contributed by atoms with Crippen LogP contribution in [0.3, 0.4) is 0 Å². The van der Waals surface area contributed by atoms with Gasteiger partial charge >= 0.3 is 0 Å². The number of carbonyl (C=O) groups is 1. The zero-order chi connectivity index (χ0) is 26.6. The van der Waals surface area contributed by atoms with Crippen molar-refractivity contribution in [3.63, 3.8) is 0 Å². The van der Waals surface area contributed by atoms with Gasteiger partial charge in [-0.1, -0.05) is 54.3 Å². The maximum atomic E-state index is 12.8. The van der Waals surface area contributed by atoms with E-state index in [1.54, 1.807) is 0 Å². The first-order valence-corrected chi connectivity index (χ1v) is 13.5. The van der Waals surface area contributed by atoms with Crippen molar-refractivity contribution < 1.29 is 31.5 Å². The van der Waals surface area contributed by atoms with Crippen LogP contribution in [0, 0.1) is 11.8 Å². The molecule has 0 aliphatic heterocycles. The van der Waals surface area contributed by atoms with E-state index >= 15 is 0 Å². The summed E-state index contributed by atoms with van der Waals surface area (Å²) in [4.78, 5) is 11.5. The van der Waals surface area contributed by atoms with Crippen LogP contribution in [0.15, 0.2) is 82.6 Å². The molecule has 0 spiro atoms. The summed E-state index contributed by atoms with van der Waals surface area (Å²) in [6.45, 7) is 3.18. The number of benzene rings is 3. The molecule has 9 nitrogen and oxygen atoms in total. The lowest BCUT2D eigenvalue weighted by Crippen LogP contribution is -2.32. The van der Waals surface area contributed by atoms with Gasteiger partial charge in [0.15, 0.2) is 0 Å². The number of amides is 1. The number of nitrogens with two attached hydrogens (primary N) is 1. The van der Waals surface area contributed by atoms with Crippen LogP contribution in [0.4, 0.5) is 0 Å². The zero-order valence-corrected chi connectivity index (χ0v) is 21.1. The predicted octanol–water partition coefficient (Wildman–Crippen LogP) is 2.15. The number of hydrogen-bond acceptors (Lipinski definition) is 7. The van der Waals surface area contributed by atoms with Crippen LogP contribution in [0.1, 0.15) is 35.3 Å². The number of nitrogens with one attached hydrogen (secondary N) is 1. The van der Waals surface area contributed by atoms with E-state index in [0.717, 1.165) is 17.7 Å². The Morgan fingerprint density at radius 3 is 2.19 bits per heavy atom. The van der Waals surface area contributed by atoms with E-state index in [0.29, 0.717) is 5.75 Å². The third-order valence-corrected chi connectivity index (χ3v) is 7.14. The average Bonchev–Trinajstić information content (AvgIpc) is 2.81. The molecule has 0 fully saturated rings. The van der Waals surface area contributed by atoms with E-state index in [1.165, 1.54) is 44.2 Å². The first-order chi connectivity index (χ1) is 16.8. The van der Waals surface area contributed by atoms with Gasteiger partial charge in [-0.2, -0.15) is 0 Å². The van der Waals surface area contributed by atoms with Gasteiger partial charge in [0, 0.05) is 5.56 Å². The maximum Gasteiger partial charge on any atom is 0.265 e. The molecular weight excluding hydrogens is 504 g/mol. The molecule has 0 heterocycles. The molecule has 1 amide bonds. The number of sulfonamides is 2. The summed E-state index contributed by atoms with van der Waals surface area (Å²) in [6.07, 6.45) is 0. The lowest BCUT2D eigenvalue weighted by molar-refractivity contribution is 0.0981. The van der Waals surface area contributed by atoms with E-state index in [1.807, 2.05) is 35.1 Å². The normalized spacial score (nSPS) is 11.8. The highest BCUT2D eigenvalue weighted by Gasteiger charge is 2.26. The Morgan fingerprint density at radius 1 is 0.972 bits per heavy atom. The number of hydrogen-bond donors (Lipinski definition) is 3. The average molecular weight is 529 g/mol. The molecule has 0 radical (unpaired) electrons. The van der Waals surface area contributed by atoms with Gasteiger partial charge in [0.1, 0.15) is 27.7 Å². The third kappa shape index (κ3) is 7.16. The van der Waals surface area contributed by atoms with E-state index in [9.17, 15) is 26.7 Å². The molecular formula is C25H24N2O7S2. The smallest absolute Gasteiger partial charge is 0.265 e. The largest absolute Gasteiger partial charge is 0.488 e. The van der Waals surface area contributed by atoms with Crippen molar-refractivity contribution in [2.24, 2.45) is 5.14 Å². The van der Waals surface area contributed by atoms with Crippen molar-refractivity contribution in [3.05, 3.63) is 89.5 Å². The zero-order valence-electron chi connectivity index (χ0n) is 19.4. The molecule has 0 atom stereocenters. The van der Waals surface area contributed by atoms with E-state index < -0.39 is 41.3 Å². The minimum absolute atomic E-state index is 0.0845. The molecule has 3 aromatic carbocycles. The molecule has 0 aliphatic rings. The van der Waals surface area contributed by atoms with Crippen molar-refractivity contribution in [1.29, 1.82) is 0 Å². The van der Waals surface area contributed by atoms with Crippen LogP contribution < -0.4 is 14.6 Å². The standard InChI is InChI=1S/C25H24N2O7S2/c1-25(2,29)15-14-19-16-20(12-13-21(19)34-17-18-8-4-3-5-9-18)24(28)27-36(32,33)23-11-7-6-10-22(23)35(26,30)31/h3-13,16,29H,17H2,1-2H3,(H,27,28)(H2,26,30,31). The van der Waals surface area contributed by atoms with Crippen LogP contribution in [-0.4, -0.2) is 33.5 Å². The highest BCUT2D eigenvalue weighted by Crippen LogP contribution is 2.23. The SMILES string of the molecule is CC(C)(O)C#Cc1cc(C(=O)NS(=O)(=O)c2ccccc2S(N)(=O)=O)ccc1OCc1ccccc1. The van der Waals surface area contributed by atoms with Crippen molar-refractivity contribution >= 4 is 26.0 Å². The van der Waals surface area contributed by atoms with Crippen LogP contribution in [0.2, 0.25) is 0 Å². The number of carbonyl (C=O) groups excluding carboxylic acids is 1. The highest BCUT2D eigenvalue weighted by atomic mass is 32.2. The highest BCUT2D eigenvalue weighted by molar-refractivity contribution is 7.92. The van der Waals surface area contributed by atoms with Crippen LogP contribution in [-0.2, 0) is 26.7 Å². The fraction of sp³-hybridized carbons (Fsp3) is 0.160. The van der Waals surface area contributed by atoms with Gasteiger partial charge < -0.3 is 9.84 Å². The molecule has 3 rings (SSSR count). The lowest BCUT2D eigenvalue weighted by Gasteiger charge is -2.13. The summed E-state index contributed by atoms with van der Waals surface area (Å²) in [6, 6.07) is 18.1. The Kier molecular flexibility index (Phi) is 7.86. The summed E-state index contributed by atoms with van der Waals surface area (Å²) in [7, 11) is -8.96. The summed E-state index contributed by atoms with van der Waals surface area (Å²) in [5.74, 6) is 4.68. The Bertz CT molecular complexity index is 1550. The van der Waals surface area contributed by atoms with Crippen molar-refractivity contribution in [1.82, 2.24) is 4.72 Å². The Morgan fingerprint density at radius 2 is 1.58 bits per heavy atom. The number of primary sulfonamides is 1. The maximum absolute atomic E-state index is 12.8. The fourth-order valence-corrected chi connectivity index (χ4v) is 5.35. The first-order valence-electron chi connectivity index (χ1n) is 10.5. The van der Waals surface area contributed by atoms with Gasteiger partial charge in [-0.3, -0.25) is 4.79 Å². The lowest BCUT2D eigenvalue weighted by atomic mass is 10.1. The molecule has 0 aliphatic carbocycles. The summed E-state index contributed by atoms with van der Waals surface area (Å²) in [5, 5.41) is 15.1. The quantitative estimate of drug-likeness (QED) is 0.397. The molecule has 4 N–H and O–H groups in total. The number of aliphatic hydroxyl groups is 1. The Balaban J connectivity index is 1.94. The summed E-state index contributed by atoms with van der Waals surface area (Å²) >= 11 is 0. The second-order valence-corrected chi connectivity index (χ2v) is 11.4. The van der Waals surface area contributed by atoms with Gasteiger partial charge in [-0.15, -0.1) is 0 Å². The monoisotopic (exact) mass is 528 g/mol. The van der Waals surface area contributed by atoms with Gasteiger partial charge in [-0.25, -0.2) is 26.7 Å². The molecule has 0 saturated heterocycles. The first kappa shape index (κ1) is 26.9. The second-order valence-electron chi connectivity index (χ2n) is 8.22. The molecule has 11 heteroatoms. The number of ether oxygens (including phenoxy) is 1. The van der Waals surface area contributed by atoms with E-state index in [4.69, 9.17) is 9.88 Å². The van der Waals surface area contributed by atoms with Gasteiger partial charge in [0.05, 0.1) is 5.56 Å². The van der Waals surface area contributed by atoms with E-state index in [-0.39, 0.29) is 17.7 Å². The molecule has 188 valence electrons. The van der Waals surface area contributed by atoms with Crippen LogP contribution >= 0.6 is 0 Å². The molecule has 3 aromatic rings. The molecule has 36 heavy (non-hydrogen) atoms. The van der Waals surface area contributed by atoms with Crippen molar-refractivity contribution in [3.8, 4) is 17.6 Å². The fourth-order valence-electron chi connectivity index (χ4n) is 2.99. The summed E-state index contributed by atoms with van der Waals surface area (Å²) in [5.41, 5.74) is -0.294. The molecule has 0 bridgehead atoms. The topological polar surface area (TPSA) is 153 Å². The Labute approximate surface area is 210 Å². The van der Waals surface area contributed by atoms with Crippen LogP contribution in [0.25, 0.3) is 0 Å². The van der Waals surface area contributed by atoms with Gasteiger partial charge in [-0.05, 0) is 49.7 Å². The summed E-state index contributed by atoms with van der Waals surface area (Å²) < 4.78 is 56.9. The minimum Gasteiger partial charge on any atom is -0.488 e. The Hall–Kier alpha value is -3.69. The predicted molar refractivity (Wildman–Crippen MR) is 133 cm³/mol. The molecule has 0 unspecified atom stereocenters. The molecule has 0 saturated carbocycles. The second kappa shape index (κ2) is 10.5. The van der Waals surface area contributed by atoms with Crippen LogP contribution in [0.5, 0.6) is 5.75 Å². The van der Waals surface area contributed by atoms with Crippen molar-refractivity contribution in [2.75, 3.05) is 0 Å². The van der Waals surface area contributed by atoms with Crippen molar-refractivity contribution in [2.45, 2.75) is 35.8 Å². The molecule has 0 aromatic heterocycles. The minimum atomic E-state index is -4.59. The van der Waals surface area contributed by atoms with Gasteiger partial charge in [0.25, 0.3) is 15.9 Å². The third-order valence-electron chi connectivity index (χ3n) is 4.65. The number of rotatable bonds is 7.